The molecule has 0 radical (unpaired) electrons. The van der Waals surface area contributed by atoms with Gasteiger partial charge in [0.05, 0.1) is 12.0 Å². The second kappa shape index (κ2) is 10.3. The third-order valence-electron chi connectivity index (χ3n) is 5.51. The van der Waals surface area contributed by atoms with E-state index in [9.17, 15) is 14.4 Å². The number of hydrogen-bond acceptors (Lipinski definition) is 8. The van der Waals surface area contributed by atoms with Crippen molar-refractivity contribution in [1.29, 1.82) is 0 Å². The normalized spacial score (nSPS) is 12.0. The lowest BCUT2D eigenvalue weighted by Crippen LogP contribution is -2.40. The number of furan rings is 1. The van der Waals surface area contributed by atoms with Crippen LogP contribution in [-0.4, -0.2) is 36.4 Å². The predicted molar refractivity (Wildman–Crippen MR) is 126 cm³/mol. The summed E-state index contributed by atoms with van der Waals surface area (Å²) in [6.07, 6.45) is 3.44. The SMILES string of the molecule is Cc1ccc(-n2nc(-c3noc(CCC(=O)NC(C)CCc4ccco4)n3)c(=O)n(C)c2=O)cc1. The van der Waals surface area contributed by atoms with Crippen LogP contribution in [0.5, 0.6) is 0 Å². The summed E-state index contributed by atoms with van der Waals surface area (Å²) in [4.78, 5) is 41.8. The van der Waals surface area contributed by atoms with Crippen LogP contribution < -0.4 is 16.6 Å². The lowest BCUT2D eigenvalue weighted by Gasteiger charge is -2.12. The minimum atomic E-state index is -0.645. The molecule has 35 heavy (non-hydrogen) atoms. The summed E-state index contributed by atoms with van der Waals surface area (Å²) in [6.45, 7) is 3.85. The molecule has 0 aliphatic carbocycles. The summed E-state index contributed by atoms with van der Waals surface area (Å²) in [6, 6.07) is 10.8. The van der Waals surface area contributed by atoms with Gasteiger partial charge in [0.1, 0.15) is 5.76 Å². The average molecular weight is 479 g/mol. The number of hydrogen-bond donors (Lipinski definition) is 1. The van der Waals surface area contributed by atoms with Crippen LogP contribution in [0.15, 0.2) is 61.2 Å². The first-order valence-corrected chi connectivity index (χ1v) is 11.2. The molecule has 0 saturated heterocycles. The van der Waals surface area contributed by atoms with Crippen molar-refractivity contribution in [2.45, 2.75) is 45.6 Å². The first-order chi connectivity index (χ1) is 16.8. The Morgan fingerprint density at radius 2 is 1.91 bits per heavy atom. The van der Waals surface area contributed by atoms with Gasteiger partial charge < -0.3 is 14.3 Å². The Labute approximate surface area is 200 Å². The van der Waals surface area contributed by atoms with E-state index in [1.165, 1.54) is 7.05 Å². The van der Waals surface area contributed by atoms with Crippen molar-refractivity contribution >= 4 is 5.91 Å². The van der Waals surface area contributed by atoms with E-state index in [2.05, 4.69) is 20.6 Å². The first kappa shape index (κ1) is 23.9. The van der Waals surface area contributed by atoms with Crippen LogP contribution in [0.4, 0.5) is 0 Å². The van der Waals surface area contributed by atoms with Crippen LogP contribution in [0.2, 0.25) is 0 Å². The summed E-state index contributed by atoms with van der Waals surface area (Å²) in [5.41, 5.74) is 0.154. The molecule has 0 saturated carbocycles. The highest BCUT2D eigenvalue weighted by molar-refractivity contribution is 5.76. The Kier molecular flexibility index (Phi) is 7.04. The molecular formula is C24H26N6O5. The van der Waals surface area contributed by atoms with Gasteiger partial charge in [-0.25, -0.2) is 4.79 Å². The zero-order valence-corrected chi connectivity index (χ0v) is 19.7. The maximum Gasteiger partial charge on any atom is 0.351 e. The van der Waals surface area contributed by atoms with E-state index < -0.39 is 11.2 Å². The van der Waals surface area contributed by atoms with E-state index in [-0.39, 0.29) is 42.2 Å². The van der Waals surface area contributed by atoms with Crippen LogP contribution in [-0.2, 0) is 24.7 Å². The van der Waals surface area contributed by atoms with Gasteiger partial charge in [0.2, 0.25) is 17.6 Å². The van der Waals surface area contributed by atoms with Gasteiger partial charge in [-0.3, -0.25) is 14.2 Å². The summed E-state index contributed by atoms with van der Waals surface area (Å²) >= 11 is 0. The number of nitrogens with zero attached hydrogens (tertiary/aromatic N) is 5. The maximum absolute atomic E-state index is 12.7. The predicted octanol–water partition coefficient (Wildman–Crippen LogP) is 1.95. The van der Waals surface area contributed by atoms with E-state index in [4.69, 9.17) is 8.94 Å². The fraction of sp³-hybridized carbons (Fsp3) is 0.333. The molecule has 1 aromatic carbocycles. The highest BCUT2D eigenvalue weighted by Gasteiger charge is 2.19. The number of nitrogens with one attached hydrogen (secondary N) is 1. The average Bonchev–Trinajstić information content (AvgIpc) is 3.53. The third-order valence-corrected chi connectivity index (χ3v) is 5.51. The summed E-state index contributed by atoms with van der Waals surface area (Å²) in [7, 11) is 1.36. The Hall–Kier alpha value is -4.28. The molecule has 4 aromatic rings. The van der Waals surface area contributed by atoms with Gasteiger partial charge >= 0.3 is 5.69 Å². The van der Waals surface area contributed by atoms with Crippen molar-refractivity contribution in [3.8, 4) is 17.2 Å². The zero-order valence-electron chi connectivity index (χ0n) is 19.7. The molecule has 1 atom stereocenters. The highest BCUT2D eigenvalue weighted by atomic mass is 16.5. The highest BCUT2D eigenvalue weighted by Crippen LogP contribution is 2.12. The molecule has 1 unspecified atom stereocenters. The molecule has 0 fully saturated rings. The van der Waals surface area contributed by atoms with Gasteiger partial charge in [-0.05, 0) is 44.5 Å². The van der Waals surface area contributed by atoms with Crippen molar-refractivity contribution in [3.05, 3.63) is 80.7 Å². The molecule has 1 amide bonds. The maximum atomic E-state index is 12.7. The fourth-order valence-corrected chi connectivity index (χ4v) is 3.47. The smallest absolute Gasteiger partial charge is 0.351 e. The number of rotatable bonds is 9. The van der Waals surface area contributed by atoms with E-state index in [1.54, 1.807) is 18.4 Å². The number of aryl methyl sites for hydroxylation is 3. The Morgan fingerprint density at radius 3 is 2.63 bits per heavy atom. The number of carbonyl (C=O) groups excluding carboxylic acids is 1. The molecule has 1 N–H and O–H groups in total. The summed E-state index contributed by atoms with van der Waals surface area (Å²) in [5, 5.41) is 11.0. The lowest BCUT2D eigenvalue weighted by molar-refractivity contribution is -0.121. The van der Waals surface area contributed by atoms with Gasteiger partial charge in [-0.2, -0.15) is 14.8 Å². The standard InChI is InChI=1S/C24H26N6O5/c1-15-6-9-17(10-7-15)30-24(33)29(3)23(32)21(27-30)22-26-20(35-28-22)13-12-19(31)25-16(2)8-11-18-5-4-14-34-18/h4-7,9-10,14,16H,8,11-13H2,1-3H3,(H,25,31). The molecule has 4 rings (SSSR count). The molecule has 0 aliphatic heterocycles. The van der Waals surface area contributed by atoms with Crippen LogP contribution in [0.1, 0.15) is 37.0 Å². The molecule has 3 aromatic heterocycles. The largest absolute Gasteiger partial charge is 0.469 e. The topological polar surface area (TPSA) is 138 Å². The molecule has 11 nitrogen and oxygen atoms in total. The van der Waals surface area contributed by atoms with E-state index >= 15 is 0 Å². The van der Waals surface area contributed by atoms with E-state index in [0.29, 0.717) is 5.69 Å². The Bertz CT molecular complexity index is 1420. The first-order valence-electron chi connectivity index (χ1n) is 11.2. The minimum Gasteiger partial charge on any atom is -0.469 e. The van der Waals surface area contributed by atoms with Crippen LogP contribution >= 0.6 is 0 Å². The van der Waals surface area contributed by atoms with Gasteiger partial charge in [-0.1, -0.05) is 22.9 Å². The van der Waals surface area contributed by atoms with Crippen LogP contribution in [0.3, 0.4) is 0 Å². The molecule has 11 heteroatoms. The second-order valence-electron chi connectivity index (χ2n) is 8.34. The molecule has 3 heterocycles. The number of aromatic nitrogens is 5. The van der Waals surface area contributed by atoms with Crippen LogP contribution in [0, 0.1) is 6.92 Å². The number of amides is 1. The molecule has 0 aliphatic rings. The van der Waals surface area contributed by atoms with E-state index in [0.717, 1.165) is 33.4 Å². The van der Waals surface area contributed by atoms with Gasteiger partial charge in [0, 0.05) is 32.4 Å². The van der Waals surface area contributed by atoms with Gasteiger partial charge in [-0.15, -0.1) is 0 Å². The number of benzene rings is 1. The fourth-order valence-electron chi connectivity index (χ4n) is 3.47. The quantitative estimate of drug-likeness (QED) is 0.385. The van der Waals surface area contributed by atoms with Crippen molar-refractivity contribution < 1.29 is 13.7 Å². The Morgan fingerprint density at radius 1 is 1.14 bits per heavy atom. The van der Waals surface area contributed by atoms with Crippen molar-refractivity contribution in [2.24, 2.45) is 7.05 Å². The van der Waals surface area contributed by atoms with Crippen LogP contribution in [0.25, 0.3) is 17.2 Å². The summed E-state index contributed by atoms with van der Waals surface area (Å²) < 4.78 is 12.6. The van der Waals surface area contributed by atoms with E-state index in [1.807, 2.05) is 38.1 Å². The van der Waals surface area contributed by atoms with Gasteiger partial charge in [0.25, 0.3) is 5.56 Å². The van der Waals surface area contributed by atoms with Crippen molar-refractivity contribution in [1.82, 2.24) is 29.8 Å². The molecule has 182 valence electrons. The third kappa shape index (κ3) is 5.62. The molecule has 0 bridgehead atoms. The summed E-state index contributed by atoms with van der Waals surface area (Å²) in [5.74, 6) is 0.862. The lowest BCUT2D eigenvalue weighted by atomic mass is 10.1. The zero-order chi connectivity index (χ0) is 24.9. The van der Waals surface area contributed by atoms with Gasteiger partial charge in [0.15, 0.2) is 5.69 Å². The minimum absolute atomic E-state index is 0.0270. The second-order valence-corrected chi connectivity index (χ2v) is 8.34. The monoisotopic (exact) mass is 478 g/mol. The Balaban J connectivity index is 1.42. The van der Waals surface area contributed by atoms with Crippen molar-refractivity contribution in [3.63, 3.8) is 0 Å². The molecule has 0 spiro atoms. The number of carbonyl (C=O) groups is 1. The molecular weight excluding hydrogens is 452 g/mol. The van der Waals surface area contributed by atoms with Crippen molar-refractivity contribution in [2.75, 3.05) is 0 Å².